The molecule has 0 atom stereocenters. The molecule has 1 aliphatic carbocycles. The van der Waals surface area contributed by atoms with Crippen LogP contribution in [0.5, 0.6) is 0 Å². The van der Waals surface area contributed by atoms with Crippen LogP contribution in [0.4, 0.5) is 0 Å². The van der Waals surface area contributed by atoms with Gasteiger partial charge in [0.25, 0.3) is 0 Å². The van der Waals surface area contributed by atoms with Gasteiger partial charge in [-0.1, -0.05) is 176 Å². The fraction of sp³-hybridized carbons (Fsp3) is 0.0645. The first-order chi connectivity index (χ1) is 33.6. The van der Waals surface area contributed by atoms with Crippen LogP contribution in [0.2, 0.25) is 0 Å². The summed E-state index contributed by atoms with van der Waals surface area (Å²) in [5.74, 6) is 0. The molecule has 0 radical (unpaired) electrons. The van der Waals surface area contributed by atoms with Crippen molar-refractivity contribution in [3.63, 3.8) is 0 Å². The van der Waals surface area contributed by atoms with Crippen molar-refractivity contribution in [2.45, 2.75) is 17.7 Å². The molecular weight excluding hydrogens is 829 g/mol. The smallest absolute Gasteiger partial charge is 0.185 e. The molecule has 0 saturated heterocycles. The monoisotopic (exact) mass is 868 g/mol. The zero-order valence-electron chi connectivity index (χ0n) is 36.8. The van der Waals surface area contributed by atoms with Gasteiger partial charge in [0.1, 0.15) is 0 Å². The normalized spacial score (nSPS) is 15.4. The van der Waals surface area contributed by atoms with Crippen molar-refractivity contribution in [2.24, 2.45) is 5.41 Å². The molecule has 0 N–H and O–H groups in total. The molecule has 6 nitrogen and oxygen atoms in total. The number of benzene rings is 9. The minimum atomic E-state index is -1.69. The number of rotatable bonds is 5. The number of para-hydroxylation sites is 8. The molecule has 0 spiro atoms. The number of fused-ring (bicyclic) bond motifs is 12. The van der Waals surface area contributed by atoms with Crippen LogP contribution in [0.25, 0.3) is 92.8 Å². The Hall–Kier alpha value is -9.10. The highest BCUT2D eigenvalue weighted by Crippen LogP contribution is 2.63. The van der Waals surface area contributed by atoms with Gasteiger partial charge in [-0.2, -0.15) is 10.5 Å². The Morgan fingerprint density at radius 2 is 0.559 bits per heavy atom. The van der Waals surface area contributed by atoms with Gasteiger partial charge >= 0.3 is 0 Å². The Morgan fingerprint density at radius 3 is 0.838 bits per heavy atom. The summed E-state index contributed by atoms with van der Waals surface area (Å²) in [5, 5.41) is 33.2. The van der Waals surface area contributed by atoms with Gasteiger partial charge in [0.15, 0.2) is 16.7 Å². The first kappa shape index (κ1) is 38.2. The average molecular weight is 869 g/mol. The Labute approximate surface area is 391 Å². The van der Waals surface area contributed by atoms with Crippen LogP contribution in [0, 0.1) is 28.1 Å². The van der Waals surface area contributed by atoms with E-state index in [2.05, 4.69) is 243 Å². The van der Waals surface area contributed by atoms with Crippen LogP contribution >= 0.6 is 0 Å². The Morgan fingerprint density at radius 1 is 0.309 bits per heavy atom. The molecule has 9 aromatic carbocycles. The predicted molar refractivity (Wildman–Crippen MR) is 277 cm³/mol. The van der Waals surface area contributed by atoms with Gasteiger partial charge in [0.05, 0.1) is 56.3 Å². The van der Waals surface area contributed by atoms with Crippen molar-refractivity contribution >= 4 is 92.8 Å². The predicted octanol–water partition coefficient (Wildman–Crippen LogP) is 14.7. The van der Waals surface area contributed by atoms with Crippen molar-refractivity contribution in [1.29, 1.82) is 10.5 Å². The van der Waals surface area contributed by atoms with E-state index in [9.17, 15) is 10.5 Å². The molecule has 0 aliphatic heterocycles. The Bertz CT molecular complexity index is 3900. The molecule has 0 bridgehead atoms. The van der Waals surface area contributed by atoms with Crippen LogP contribution in [-0.2, 0) is 11.3 Å². The topological polar surface area (TPSA) is 67.3 Å². The van der Waals surface area contributed by atoms with E-state index < -0.39 is 16.7 Å². The SMILES string of the molecule is N#CC1(C#N)CC(n2c3ccccc3c3ccccc32)(n2c3ccccc3c3ccccc32)C(n2c3ccccc3c3ccccc32)(n2c3ccccc3c3ccccc32)C=C1c1ccccc1. The second-order valence-electron chi connectivity index (χ2n) is 18.3. The lowest BCUT2D eigenvalue weighted by Gasteiger charge is -2.58. The summed E-state index contributed by atoms with van der Waals surface area (Å²) in [5.41, 5.74) is 5.02. The summed E-state index contributed by atoms with van der Waals surface area (Å²) in [4.78, 5) is 0. The molecule has 68 heavy (non-hydrogen) atoms. The molecule has 0 amide bonds. The molecule has 1 aliphatic rings. The van der Waals surface area contributed by atoms with E-state index in [1.54, 1.807) is 0 Å². The minimum absolute atomic E-state index is 0.0424. The number of hydrogen-bond acceptors (Lipinski definition) is 2. The minimum Gasteiger partial charge on any atom is -0.312 e. The number of nitriles is 2. The molecule has 318 valence electrons. The van der Waals surface area contributed by atoms with E-state index in [4.69, 9.17) is 0 Å². The summed E-state index contributed by atoms with van der Waals surface area (Å²) < 4.78 is 10.2. The third-order valence-electron chi connectivity index (χ3n) is 15.1. The van der Waals surface area contributed by atoms with Gasteiger partial charge in [0, 0.05) is 49.5 Å². The van der Waals surface area contributed by atoms with Crippen molar-refractivity contribution in [1.82, 2.24) is 18.3 Å². The maximum atomic E-state index is 12.2. The van der Waals surface area contributed by atoms with Crippen molar-refractivity contribution in [3.05, 3.63) is 236 Å². The average Bonchev–Trinajstić information content (AvgIpc) is 4.14. The number of hydrogen-bond donors (Lipinski definition) is 0. The van der Waals surface area contributed by atoms with Gasteiger partial charge in [-0.25, -0.2) is 0 Å². The number of nitrogens with zero attached hydrogens (tertiary/aromatic N) is 6. The van der Waals surface area contributed by atoms with E-state index in [1.807, 2.05) is 18.2 Å². The highest BCUT2D eigenvalue weighted by atomic mass is 15.4. The molecule has 6 heteroatoms. The summed E-state index contributed by atoms with van der Waals surface area (Å²) in [7, 11) is 0. The Kier molecular flexibility index (Phi) is 7.84. The highest BCUT2D eigenvalue weighted by Gasteiger charge is 2.66. The van der Waals surface area contributed by atoms with E-state index >= 15 is 0 Å². The zero-order chi connectivity index (χ0) is 45.2. The first-order valence-electron chi connectivity index (χ1n) is 23.2. The van der Waals surface area contributed by atoms with Gasteiger partial charge in [-0.3, -0.25) is 0 Å². The van der Waals surface area contributed by atoms with Gasteiger partial charge < -0.3 is 18.3 Å². The van der Waals surface area contributed by atoms with Crippen LogP contribution in [0.1, 0.15) is 12.0 Å². The number of allylic oxidation sites excluding steroid dienone is 2. The van der Waals surface area contributed by atoms with Gasteiger partial charge in [-0.05, 0) is 65.7 Å². The maximum absolute atomic E-state index is 12.2. The summed E-state index contributed by atoms with van der Waals surface area (Å²) >= 11 is 0. The third kappa shape index (κ3) is 4.68. The molecule has 4 heterocycles. The third-order valence-corrected chi connectivity index (χ3v) is 15.1. The van der Waals surface area contributed by atoms with Crippen LogP contribution in [0.3, 0.4) is 0 Å². The van der Waals surface area contributed by atoms with Crippen molar-refractivity contribution < 1.29 is 0 Å². The highest BCUT2D eigenvalue weighted by molar-refractivity contribution is 6.13. The fourth-order valence-corrected chi connectivity index (χ4v) is 12.6. The zero-order valence-corrected chi connectivity index (χ0v) is 36.8. The van der Waals surface area contributed by atoms with E-state index in [-0.39, 0.29) is 6.42 Å². The van der Waals surface area contributed by atoms with Gasteiger partial charge in [-0.15, -0.1) is 0 Å². The largest absolute Gasteiger partial charge is 0.312 e. The summed E-state index contributed by atoms with van der Waals surface area (Å²) in [6, 6.07) is 85.4. The van der Waals surface area contributed by atoms with Crippen molar-refractivity contribution in [3.8, 4) is 12.1 Å². The molecule has 4 aromatic heterocycles. The molecule has 14 rings (SSSR count). The lowest BCUT2D eigenvalue weighted by Crippen LogP contribution is -2.67. The van der Waals surface area contributed by atoms with Crippen LogP contribution in [0.15, 0.2) is 231 Å². The van der Waals surface area contributed by atoms with Crippen LogP contribution in [-0.4, -0.2) is 18.3 Å². The molecule has 0 saturated carbocycles. The lowest BCUT2D eigenvalue weighted by molar-refractivity contribution is 0.0367. The summed E-state index contributed by atoms with van der Waals surface area (Å²) in [6.45, 7) is 0. The first-order valence-corrected chi connectivity index (χ1v) is 23.2. The Balaban J connectivity index is 1.40. The maximum Gasteiger partial charge on any atom is 0.185 e. The van der Waals surface area contributed by atoms with E-state index in [0.29, 0.717) is 5.57 Å². The molecule has 0 fully saturated rings. The fourth-order valence-electron chi connectivity index (χ4n) is 12.6. The van der Waals surface area contributed by atoms with Gasteiger partial charge in [0.2, 0.25) is 0 Å². The molecule has 0 unspecified atom stereocenters. The number of aromatic nitrogens is 4. The second kappa shape index (κ2) is 14.0. The molecule has 13 aromatic rings. The quantitative estimate of drug-likeness (QED) is 0.173. The standard InChI is InChI=1S/C62H40N6/c63-40-60(41-64)39-62(67-56-34-16-8-26-47(56)48-27-9-17-35-57(48)67,68-58-36-18-10-28-49(58)50-29-11-19-37-59(50)68)61(38-51(60)42-20-2-1-3-21-42,65-52-30-12-4-22-43(52)44-23-5-13-31-53(44)65)66-54-32-14-6-24-45(54)46-25-7-15-33-55(46)66/h1-38H,39H2. The summed E-state index contributed by atoms with van der Waals surface area (Å²) in [6.07, 6.45) is 2.39. The van der Waals surface area contributed by atoms with E-state index in [1.165, 1.54) is 0 Å². The lowest BCUT2D eigenvalue weighted by atomic mass is 9.63. The van der Waals surface area contributed by atoms with E-state index in [0.717, 1.165) is 92.8 Å². The van der Waals surface area contributed by atoms with Crippen molar-refractivity contribution in [2.75, 3.05) is 0 Å². The van der Waals surface area contributed by atoms with Crippen LogP contribution < -0.4 is 0 Å². The molecular formula is C62H40N6. The second-order valence-corrected chi connectivity index (χ2v) is 18.3.